The Morgan fingerprint density at radius 1 is 1.67 bits per heavy atom. The van der Waals surface area contributed by atoms with Crippen LogP contribution in [0.15, 0.2) is 0 Å². The van der Waals surface area contributed by atoms with E-state index in [1.807, 2.05) is 0 Å². The Balaban J connectivity index is 3.16. The van der Waals surface area contributed by atoms with Gasteiger partial charge in [0.25, 0.3) is 0 Å². The maximum atomic E-state index is 9.81. The molecule has 54 valence electrons. The summed E-state index contributed by atoms with van der Waals surface area (Å²) in [6, 6.07) is -0.206. The average molecular weight is 131 g/mol. The van der Waals surface area contributed by atoms with Gasteiger partial charge in [0.15, 0.2) is 0 Å². The first kappa shape index (κ1) is 8.39. The first-order valence-electron chi connectivity index (χ1n) is 2.82. The summed E-state index contributed by atoms with van der Waals surface area (Å²) >= 11 is 0. The molecular weight excluding hydrogens is 120 g/mol. The van der Waals surface area contributed by atoms with Crippen molar-refractivity contribution < 1.29 is 9.90 Å². The van der Waals surface area contributed by atoms with Crippen LogP contribution in [0.5, 0.6) is 0 Å². The number of hydrogen-bond acceptors (Lipinski definition) is 4. The molecule has 0 aliphatic heterocycles. The standard InChI is InChI=1S/C5H12N2O2/c6-3-4(7)1-2-5(8)9/h4H,1-3,6-7H2,(H,8,9)/p-1. The zero-order valence-corrected chi connectivity index (χ0v) is 5.17. The Labute approximate surface area is 53.8 Å². The predicted octanol–water partition coefficient (Wildman–Crippen LogP) is -2.20. The number of carbonyl (C=O) groups excluding carboxylic acids is 1. The normalized spacial score (nSPS) is 13.1. The minimum Gasteiger partial charge on any atom is -0.550 e. The third-order valence-corrected chi connectivity index (χ3v) is 1.02. The minimum atomic E-state index is -1.07. The summed E-state index contributed by atoms with van der Waals surface area (Å²) in [4.78, 5) is 9.81. The molecule has 0 saturated carbocycles. The van der Waals surface area contributed by atoms with Crippen molar-refractivity contribution in [2.24, 2.45) is 11.5 Å². The van der Waals surface area contributed by atoms with Crippen molar-refractivity contribution in [1.29, 1.82) is 0 Å². The summed E-state index contributed by atoms with van der Waals surface area (Å²) in [5, 5.41) is 9.81. The van der Waals surface area contributed by atoms with Crippen LogP contribution in [0.2, 0.25) is 0 Å². The highest BCUT2D eigenvalue weighted by Crippen LogP contribution is 1.89. The van der Waals surface area contributed by atoms with Crippen LogP contribution in [0.3, 0.4) is 0 Å². The maximum Gasteiger partial charge on any atom is 0.0414 e. The van der Waals surface area contributed by atoms with Gasteiger partial charge in [-0.2, -0.15) is 0 Å². The molecule has 0 amide bonds. The molecular formula is C5H11N2O2-. The third-order valence-electron chi connectivity index (χ3n) is 1.02. The fraction of sp³-hybridized carbons (Fsp3) is 0.800. The lowest BCUT2D eigenvalue weighted by atomic mass is 10.2. The van der Waals surface area contributed by atoms with Gasteiger partial charge in [-0.15, -0.1) is 0 Å². The van der Waals surface area contributed by atoms with E-state index < -0.39 is 5.97 Å². The molecule has 0 aromatic heterocycles. The lowest BCUT2D eigenvalue weighted by Crippen LogP contribution is -2.32. The number of nitrogens with two attached hydrogens (primary N) is 2. The summed E-state index contributed by atoms with van der Waals surface area (Å²) in [6.45, 7) is 0.327. The van der Waals surface area contributed by atoms with Crippen molar-refractivity contribution in [1.82, 2.24) is 0 Å². The highest BCUT2D eigenvalue weighted by Gasteiger charge is 1.97. The molecule has 0 radical (unpaired) electrons. The van der Waals surface area contributed by atoms with E-state index >= 15 is 0 Å². The number of hydrogen-bond donors (Lipinski definition) is 2. The number of rotatable bonds is 4. The molecule has 0 heterocycles. The van der Waals surface area contributed by atoms with Crippen molar-refractivity contribution in [3.8, 4) is 0 Å². The van der Waals surface area contributed by atoms with E-state index in [1.165, 1.54) is 0 Å². The highest BCUT2D eigenvalue weighted by molar-refractivity contribution is 5.64. The topological polar surface area (TPSA) is 92.2 Å². The molecule has 4 heteroatoms. The van der Waals surface area contributed by atoms with Crippen LogP contribution in [0.1, 0.15) is 12.8 Å². The lowest BCUT2D eigenvalue weighted by molar-refractivity contribution is -0.305. The second kappa shape index (κ2) is 4.29. The van der Waals surface area contributed by atoms with Gasteiger partial charge in [-0.3, -0.25) is 0 Å². The van der Waals surface area contributed by atoms with E-state index in [9.17, 15) is 9.90 Å². The molecule has 0 rings (SSSR count). The first-order chi connectivity index (χ1) is 4.16. The van der Waals surface area contributed by atoms with Gasteiger partial charge in [0.05, 0.1) is 0 Å². The molecule has 1 atom stereocenters. The predicted molar refractivity (Wildman–Crippen MR) is 31.3 cm³/mol. The van der Waals surface area contributed by atoms with Crippen LogP contribution in [0.4, 0.5) is 0 Å². The molecule has 0 spiro atoms. The van der Waals surface area contributed by atoms with Gasteiger partial charge in [0.2, 0.25) is 0 Å². The molecule has 0 aliphatic rings. The Morgan fingerprint density at radius 2 is 2.22 bits per heavy atom. The van der Waals surface area contributed by atoms with Gasteiger partial charge >= 0.3 is 0 Å². The molecule has 4 N–H and O–H groups in total. The van der Waals surface area contributed by atoms with E-state index in [0.29, 0.717) is 13.0 Å². The monoisotopic (exact) mass is 131 g/mol. The van der Waals surface area contributed by atoms with Gasteiger partial charge < -0.3 is 21.4 Å². The summed E-state index contributed by atoms with van der Waals surface area (Å²) in [5.74, 6) is -1.07. The van der Waals surface area contributed by atoms with Crippen LogP contribution in [-0.4, -0.2) is 18.6 Å². The zero-order valence-electron chi connectivity index (χ0n) is 5.17. The number of carboxylic acids is 1. The van der Waals surface area contributed by atoms with Crippen LogP contribution in [0.25, 0.3) is 0 Å². The Kier molecular flexibility index (Phi) is 4.00. The summed E-state index contributed by atoms with van der Waals surface area (Å²) in [5.41, 5.74) is 10.4. The summed E-state index contributed by atoms with van der Waals surface area (Å²) < 4.78 is 0. The zero-order chi connectivity index (χ0) is 7.28. The van der Waals surface area contributed by atoms with Gasteiger partial charge in [-0.1, -0.05) is 0 Å². The van der Waals surface area contributed by atoms with Gasteiger partial charge in [0, 0.05) is 18.6 Å². The Morgan fingerprint density at radius 3 is 2.56 bits per heavy atom. The largest absolute Gasteiger partial charge is 0.550 e. The van der Waals surface area contributed by atoms with Crippen molar-refractivity contribution >= 4 is 5.97 Å². The van der Waals surface area contributed by atoms with Crippen molar-refractivity contribution in [3.63, 3.8) is 0 Å². The minimum absolute atomic E-state index is 0.00162. The maximum absolute atomic E-state index is 9.81. The van der Waals surface area contributed by atoms with Gasteiger partial charge in [-0.05, 0) is 12.8 Å². The van der Waals surface area contributed by atoms with Crippen LogP contribution < -0.4 is 16.6 Å². The van der Waals surface area contributed by atoms with Crippen LogP contribution >= 0.6 is 0 Å². The second-order valence-corrected chi connectivity index (χ2v) is 1.91. The molecule has 0 aliphatic carbocycles. The average Bonchev–Trinajstić information content (AvgIpc) is 1.83. The van der Waals surface area contributed by atoms with E-state index in [0.717, 1.165) is 0 Å². The lowest BCUT2D eigenvalue weighted by Gasteiger charge is -2.07. The fourth-order valence-electron chi connectivity index (χ4n) is 0.421. The highest BCUT2D eigenvalue weighted by atomic mass is 16.4. The number of carboxylic acid groups (broad SMARTS) is 1. The summed E-state index contributed by atoms with van der Waals surface area (Å²) in [6.07, 6.45) is 0.400. The van der Waals surface area contributed by atoms with E-state index in [-0.39, 0.29) is 12.5 Å². The molecule has 0 aromatic carbocycles. The second-order valence-electron chi connectivity index (χ2n) is 1.91. The fourth-order valence-corrected chi connectivity index (χ4v) is 0.421. The molecule has 4 nitrogen and oxygen atoms in total. The Hall–Kier alpha value is -0.610. The molecule has 9 heavy (non-hydrogen) atoms. The van der Waals surface area contributed by atoms with Crippen molar-refractivity contribution in [2.75, 3.05) is 6.54 Å². The summed E-state index contributed by atoms with van der Waals surface area (Å²) in [7, 11) is 0. The van der Waals surface area contributed by atoms with E-state index in [1.54, 1.807) is 0 Å². The first-order valence-corrected chi connectivity index (χ1v) is 2.82. The van der Waals surface area contributed by atoms with Crippen molar-refractivity contribution in [2.45, 2.75) is 18.9 Å². The molecule has 1 unspecified atom stereocenters. The van der Waals surface area contributed by atoms with Gasteiger partial charge in [0.1, 0.15) is 0 Å². The molecule has 0 saturated heterocycles. The number of carbonyl (C=O) groups is 1. The number of aliphatic carboxylic acids is 1. The Bertz CT molecular complexity index is 95.0. The van der Waals surface area contributed by atoms with E-state index in [2.05, 4.69) is 0 Å². The van der Waals surface area contributed by atoms with E-state index in [4.69, 9.17) is 11.5 Å². The quantitative estimate of drug-likeness (QED) is 0.453. The molecule has 0 bridgehead atoms. The van der Waals surface area contributed by atoms with Crippen molar-refractivity contribution in [3.05, 3.63) is 0 Å². The third kappa shape index (κ3) is 5.26. The smallest absolute Gasteiger partial charge is 0.0414 e. The molecule has 0 fully saturated rings. The SMILES string of the molecule is NCC(N)CCC(=O)[O-]. The van der Waals surface area contributed by atoms with Crippen LogP contribution in [0, 0.1) is 0 Å². The molecule has 0 aromatic rings. The van der Waals surface area contributed by atoms with Crippen LogP contribution in [-0.2, 0) is 4.79 Å². The van der Waals surface area contributed by atoms with Gasteiger partial charge in [-0.25, -0.2) is 0 Å².